The Balaban J connectivity index is 2.33. The number of aliphatic hydroxyl groups is 1. The third kappa shape index (κ3) is 4.58. The lowest BCUT2D eigenvalue weighted by atomic mass is 10.3. The SMILES string of the molecule is CCCn1cccc1C(=O)NCCOCCO. The quantitative estimate of drug-likeness (QED) is 0.655. The van der Waals surface area contributed by atoms with Crippen molar-refractivity contribution in [3.63, 3.8) is 0 Å². The van der Waals surface area contributed by atoms with Gasteiger partial charge in [0.1, 0.15) is 5.69 Å². The highest BCUT2D eigenvalue weighted by molar-refractivity contribution is 5.92. The highest BCUT2D eigenvalue weighted by Crippen LogP contribution is 2.03. The van der Waals surface area contributed by atoms with Crippen molar-refractivity contribution in [2.24, 2.45) is 0 Å². The molecule has 0 aromatic carbocycles. The Bertz CT molecular complexity index is 336. The van der Waals surface area contributed by atoms with Crippen LogP contribution in [0.25, 0.3) is 0 Å². The number of hydrogen-bond donors (Lipinski definition) is 2. The maximum atomic E-state index is 11.8. The molecule has 0 saturated heterocycles. The van der Waals surface area contributed by atoms with Crippen molar-refractivity contribution in [2.45, 2.75) is 19.9 Å². The Morgan fingerprint density at radius 3 is 3.06 bits per heavy atom. The lowest BCUT2D eigenvalue weighted by molar-refractivity contribution is 0.0832. The molecule has 2 N–H and O–H groups in total. The molecule has 0 aliphatic rings. The lowest BCUT2D eigenvalue weighted by Gasteiger charge is -2.08. The Kier molecular flexibility index (Phi) is 6.35. The van der Waals surface area contributed by atoms with E-state index in [1.165, 1.54) is 0 Å². The summed E-state index contributed by atoms with van der Waals surface area (Å²) in [6.45, 7) is 4.10. The molecular weight excluding hydrogens is 220 g/mol. The minimum Gasteiger partial charge on any atom is -0.394 e. The molecule has 0 bridgehead atoms. The first-order valence-corrected chi connectivity index (χ1v) is 5.91. The zero-order chi connectivity index (χ0) is 12.5. The standard InChI is InChI=1S/C12H20N2O3/c1-2-6-14-7-3-4-11(14)12(16)13-5-9-17-10-8-15/h3-4,7,15H,2,5-6,8-10H2,1H3,(H,13,16). The highest BCUT2D eigenvalue weighted by Gasteiger charge is 2.08. The van der Waals surface area contributed by atoms with Gasteiger partial charge < -0.3 is 19.7 Å². The van der Waals surface area contributed by atoms with Crippen molar-refractivity contribution in [3.8, 4) is 0 Å². The zero-order valence-electron chi connectivity index (χ0n) is 10.2. The molecule has 1 rings (SSSR count). The summed E-state index contributed by atoms with van der Waals surface area (Å²) in [7, 11) is 0. The van der Waals surface area contributed by atoms with Gasteiger partial charge in [-0.1, -0.05) is 6.92 Å². The van der Waals surface area contributed by atoms with Crippen LogP contribution in [0.4, 0.5) is 0 Å². The number of aryl methyl sites for hydroxylation is 1. The van der Waals surface area contributed by atoms with Crippen molar-refractivity contribution in [1.29, 1.82) is 0 Å². The summed E-state index contributed by atoms with van der Waals surface area (Å²) in [5.74, 6) is -0.0870. The number of carbonyl (C=O) groups is 1. The van der Waals surface area contributed by atoms with Crippen LogP contribution >= 0.6 is 0 Å². The van der Waals surface area contributed by atoms with E-state index in [1.807, 2.05) is 16.8 Å². The highest BCUT2D eigenvalue weighted by atomic mass is 16.5. The van der Waals surface area contributed by atoms with E-state index in [0.29, 0.717) is 25.5 Å². The van der Waals surface area contributed by atoms with Crippen LogP contribution in [-0.2, 0) is 11.3 Å². The normalized spacial score (nSPS) is 10.5. The van der Waals surface area contributed by atoms with Gasteiger partial charge in [-0.15, -0.1) is 0 Å². The predicted octanol–water partition coefficient (Wildman–Crippen LogP) is 0.637. The molecule has 1 aromatic heterocycles. The summed E-state index contributed by atoms with van der Waals surface area (Å²) in [5, 5.41) is 11.3. The van der Waals surface area contributed by atoms with E-state index in [1.54, 1.807) is 6.07 Å². The van der Waals surface area contributed by atoms with E-state index in [9.17, 15) is 4.79 Å². The second kappa shape index (κ2) is 7.86. The molecule has 1 heterocycles. The van der Waals surface area contributed by atoms with Crippen LogP contribution < -0.4 is 5.32 Å². The number of aliphatic hydroxyl groups excluding tert-OH is 1. The fraction of sp³-hybridized carbons (Fsp3) is 0.583. The molecule has 0 fully saturated rings. The maximum absolute atomic E-state index is 11.8. The topological polar surface area (TPSA) is 63.5 Å². The number of nitrogens with one attached hydrogen (secondary N) is 1. The lowest BCUT2D eigenvalue weighted by Crippen LogP contribution is -2.29. The third-order valence-corrected chi connectivity index (χ3v) is 2.29. The van der Waals surface area contributed by atoms with Gasteiger partial charge in [0.15, 0.2) is 0 Å². The first-order chi connectivity index (χ1) is 8.29. The van der Waals surface area contributed by atoms with Gasteiger partial charge in [0.2, 0.25) is 0 Å². The molecule has 0 aliphatic carbocycles. The van der Waals surface area contributed by atoms with Crippen molar-refractivity contribution in [1.82, 2.24) is 9.88 Å². The van der Waals surface area contributed by atoms with Crippen LogP contribution in [0.1, 0.15) is 23.8 Å². The van der Waals surface area contributed by atoms with Gasteiger partial charge in [-0.25, -0.2) is 0 Å². The van der Waals surface area contributed by atoms with Gasteiger partial charge in [0.05, 0.1) is 19.8 Å². The van der Waals surface area contributed by atoms with E-state index in [4.69, 9.17) is 9.84 Å². The van der Waals surface area contributed by atoms with Crippen LogP contribution in [0.5, 0.6) is 0 Å². The number of amides is 1. The maximum Gasteiger partial charge on any atom is 0.267 e. The van der Waals surface area contributed by atoms with E-state index in [-0.39, 0.29) is 12.5 Å². The molecule has 1 amide bonds. The van der Waals surface area contributed by atoms with E-state index in [0.717, 1.165) is 13.0 Å². The Morgan fingerprint density at radius 1 is 1.53 bits per heavy atom. The smallest absolute Gasteiger partial charge is 0.267 e. The van der Waals surface area contributed by atoms with Crippen LogP contribution in [0.2, 0.25) is 0 Å². The number of nitrogens with zero attached hydrogens (tertiary/aromatic N) is 1. The number of rotatable bonds is 8. The number of carbonyl (C=O) groups excluding carboxylic acids is 1. The minimum absolute atomic E-state index is 0.00724. The molecule has 0 aliphatic heterocycles. The number of hydrogen-bond acceptors (Lipinski definition) is 3. The molecule has 0 radical (unpaired) electrons. The molecule has 0 saturated carbocycles. The minimum atomic E-state index is -0.0870. The Labute approximate surface area is 101 Å². The van der Waals surface area contributed by atoms with Gasteiger partial charge >= 0.3 is 0 Å². The fourth-order valence-electron chi connectivity index (χ4n) is 1.55. The molecule has 5 nitrogen and oxygen atoms in total. The molecule has 5 heteroatoms. The molecular formula is C12H20N2O3. The largest absolute Gasteiger partial charge is 0.394 e. The Hall–Kier alpha value is -1.33. The van der Waals surface area contributed by atoms with Crippen LogP contribution in [0, 0.1) is 0 Å². The molecule has 0 spiro atoms. The van der Waals surface area contributed by atoms with Crippen molar-refractivity contribution in [3.05, 3.63) is 24.0 Å². The molecule has 96 valence electrons. The predicted molar refractivity (Wildman–Crippen MR) is 65.0 cm³/mol. The van der Waals surface area contributed by atoms with Crippen LogP contribution in [0.15, 0.2) is 18.3 Å². The summed E-state index contributed by atoms with van der Waals surface area (Å²) >= 11 is 0. The van der Waals surface area contributed by atoms with Crippen LogP contribution in [0.3, 0.4) is 0 Å². The van der Waals surface area contributed by atoms with Crippen LogP contribution in [-0.4, -0.2) is 41.9 Å². The monoisotopic (exact) mass is 240 g/mol. The van der Waals surface area contributed by atoms with Gasteiger partial charge in [-0.2, -0.15) is 0 Å². The summed E-state index contributed by atoms with van der Waals surface area (Å²) < 4.78 is 6.99. The Morgan fingerprint density at radius 2 is 2.35 bits per heavy atom. The second-order valence-corrected chi connectivity index (χ2v) is 3.68. The molecule has 0 atom stereocenters. The molecule has 1 aromatic rings. The van der Waals surface area contributed by atoms with Gasteiger partial charge in [0, 0.05) is 19.3 Å². The first-order valence-electron chi connectivity index (χ1n) is 5.91. The van der Waals surface area contributed by atoms with Crippen molar-refractivity contribution >= 4 is 5.91 Å². The number of aromatic nitrogens is 1. The zero-order valence-corrected chi connectivity index (χ0v) is 10.2. The van der Waals surface area contributed by atoms with E-state index >= 15 is 0 Å². The summed E-state index contributed by atoms with van der Waals surface area (Å²) in [6.07, 6.45) is 2.90. The van der Waals surface area contributed by atoms with E-state index < -0.39 is 0 Å². The first kappa shape index (κ1) is 13.7. The molecule has 0 unspecified atom stereocenters. The number of ether oxygens (including phenoxy) is 1. The fourth-order valence-corrected chi connectivity index (χ4v) is 1.55. The van der Waals surface area contributed by atoms with E-state index in [2.05, 4.69) is 12.2 Å². The summed E-state index contributed by atoms with van der Waals surface area (Å²) in [6, 6.07) is 3.67. The average Bonchev–Trinajstić information content (AvgIpc) is 2.77. The second-order valence-electron chi connectivity index (χ2n) is 3.68. The van der Waals surface area contributed by atoms with Gasteiger partial charge in [-0.3, -0.25) is 4.79 Å². The summed E-state index contributed by atoms with van der Waals surface area (Å²) in [4.78, 5) is 11.8. The summed E-state index contributed by atoms with van der Waals surface area (Å²) in [5.41, 5.74) is 0.675. The van der Waals surface area contributed by atoms with Gasteiger partial charge in [-0.05, 0) is 18.6 Å². The average molecular weight is 240 g/mol. The van der Waals surface area contributed by atoms with Crippen molar-refractivity contribution < 1.29 is 14.6 Å². The van der Waals surface area contributed by atoms with Crippen molar-refractivity contribution in [2.75, 3.05) is 26.4 Å². The van der Waals surface area contributed by atoms with Gasteiger partial charge in [0.25, 0.3) is 5.91 Å². The third-order valence-electron chi connectivity index (χ3n) is 2.29. The molecule has 17 heavy (non-hydrogen) atoms.